The van der Waals surface area contributed by atoms with Gasteiger partial charge in [-0.3, -0.25) is 4.79 Å². The van der Waals surface area contributed by atoms with Crippen LogP contribution in [0.2, 0.25) is 0 Å². The summed E-state index contributed by atoms with van der Waals surface area (Å²) >= 11 is 0. The Bertz CT molecular complexity index is 1140. The fraction of sp³-hybridized carbons (Fsp3) is 0.480. The van der Waals surface area contributed by atoms with Gasteiger partial charge in [0.25, 0.3) is 0 Å². The SMILES string of the molecule is CN1CCN(S(=O)(=O)c2ccc([C@@H](CC3CCCC3)C(=O)Nc3ccc(C(=O)O)cn3)cc2)CC1. The summed E-state index contributed by atoms with van der Waals surface area (Å²) in [5.41, 5.74) is 0.802. The monoisotopic (exact) mass is 500 g/mol. The predicted octanol–water partition coefficient (Wildman–Crippen LogP) is 3.02. The number of aromatic carboxylic acids is 1. The molecule has 0 bridgehead atoms. The predicted molar refractivity (Wildman–Crippen MR) is 132 cm³/mol. The van der Waals surface area contributed by atoms with E-state index in [-0.39, 0.29) is 22.2 Å². The number of hydrogen-bond acceptors (Lipinski definition) is 6. The minimum Gasteiger partial charge on any atom is -0.478 e. The summed E-state index contributed by atoms with van der Waals surface area (Å²) in [4.78, 5) is 30.7. The van der Waals surface area contributed by atoms with Crippen LogP contribution in [0.15, 0.2) is 47.5 Å². The third-order valence-electron chi connectivity index (χ3n) is 7.00. The van der Waals surface area contributed by atoms with E-state index in [1.807, 2.05) is 7.05 Å². The van der Waals surface area contributed by atoms with Gasteiger partial charge in [0.1, 0.15) is 5.82 Å². The van der Waals surface area contributed by atoms with Gasteiger partial charge in [0, 0.05) is 32.4 Å². The Hall–Kier alpha value is -2.82. The molecule has 1 aliphatic heterocycles. The molecule has 0 radical (unpaired) electrons. The van der Waals surface area contributed by atoms with Crippen molar-refractivity contribution in [3.8, 4) is 0 Å². The van der Waals surface area contributed by atoms with E-state index in [1.165, 1.54) is 22.6 Å². The Morgan fingerprint density at radius 1 is 1.06 bits per heavy atom. The Morgan fingerprint density at radius 2 is 1.71 bits per heavy atom. The minimum absolute atomic E-state index is 0.0441. The third-order valence-corrected chi connectivity index (χ3v) is 8.92. The topological polar surface area (TPSA) is 120 Å². The Morgan fingerprint density at radius 3 is 2.29 bits per heavy atom. The van der Waals surface area contributed by atoms with Crippen LogP contribution in [0, 0.1) is 5.92 Å². The molecule has 10 heteroatoms. The van der Waals surface area contributed by atoms with Gasteiger partial charge in [-0.25, -0.2) is 18.2 Å². The van der Waals surface area contributed by atoms with Crippen molar-refractivity contribution in [2.45, 2.75) is 42.9 Å². The third kappa shape index (κ3) is 6.06. The number of carboxylic acids is 1. The average Bonchev–Trinajstić information content (AvgIpc) is 3.36. The van der Waals surface area contributed by atoms with Gasteiger partial charge in [0.2, 0.25) is 15.9 Å². The fourth-order valence-corrected chi connectivity index (χ4v) is 6.25. The number of hydrogen-bond donors (Lipinski definition) is 2. The van der Waals surface area contributed by atoms with Crippen LogP contribution < -0.4 is 5.32 Å². The number of anilines is 1. The number of carbonyl (C=O) groups is 2. The minimum atomic E-state index is -3.58. The van der Waals surface area contributed by atoms with E-state index in [0.29, 0.717) is 38.5 Å². The number of pyridine rings is 1. The van der Waals surface area contributed by atoms with E-state index in [4.69, 9.17) is 5.11 Å². The highest BCUT2D eigenvalue weighted by molar-refractivity contribution is 7.89. The van der Waals surface area contributed by atoms with Crippen LogP contribution in [0.4, 0.5) is 5.82 Å². The van der Waals surface area contributed by atoms with Gasteiger partial charge >= 0.3 is 5.97 Å². The summed E-state index contributed by atoms with van der Waals surface area (Å²) < 4.78 is 27.7. The highest BCUT2D eigenvalue weighted by Crippen LogP contribution is 2.35. The summed E-state index contributed by atoms with van der Waals surface area (Å²) in [6, 6.07) is 9.54. The Kier molecular flexibility index (Phi) is 7.83. The van der Waals surface area contributed by atoms with Crippen molar-refractivity contribution in [2.24, 2.45) is 5.92 Å². The second-order valence-electron chi connectivity index (χ2n) is 9.44. The molecule has 2 aliphatic rings. The number of rotatable bonds is 8. The molecular formula is C25H32N4O5S. The highest BCUT2D eigenvalue weighted by atomic mass is 32.2. The van der Waals surface area contributed by atoms with Crippen LogP contribution in [0.5, 0.6) is 0 Å². The maximum Gasteiger partial charge on any atom is 0.337 e. The first-order valence-electron chi connectivity index (χ1n) is 12.0. The summed E-state index contributed by atoms with van der Waals surface area (Å²) in [7, 11) is -1.61. The number of piperazine rings is 1. The molecule has 4 rings (SSSR count). The number of aromatic nitrogens is 1. The van der Waals surface area contributed by atoms with Crippen molar-refractivity contribution >= 4 is 27.7 Å². The smallest absolute Gasteiger partial charge is 0.337 e. The first-order valence-corrected chi connectivity index (χ1v) is 13.5. The van der Waals surface area contributed by atoms with Crippen LogP contribution in [0.25, 0.3) is 0 Å². The molecule has 2 N–H and O–H groups in total. The standard InChI is InChI=1S/C25H32N4O5S/c1-28-12-14-29(15-13-28)35(33,34)21-9-6-19(7-10-21)22(16-18-4-2-3-5-18)24(30)27-23-11-8-20(17-26-23)25(31)32/h6-11,17-18,22H,2-5,12-16H2,1H3,(H,31,32)(H,26,27,30)/t22-/m1/s1. The van der Waals surface area contributed by atoms with E-state index >= 15 is 0 Å². The van der Waals surface area contributed by atoms with Gasteiger partial charge in [-0.1, -0.05) is 37.8 Å². The van der Waals surface area contributed by atoms with E-state index < -0.39 is 21.9 Å². The van der Waals surface area contributed by atoms with Crippen LogP contribution in [-0.4, -0.2) is 72.8 Å². The van der Waals surface area contributed by atoms with E-state index in [1.54, 1.807) is 24.3 Å². The molecule has 0 spiro atoms. The Labute approximate surface area is 206 Å². The van der Waals surface area contributed by atoms with Crippen molar-refractivity contribution in [1.82, 2.24) is 14.2 Å². The van der Waals surface area contributed by atoms with Gasteiger partial charge in [0.15, 0.2) is 0 Å². The van der Waals surface area contributed by atoms with Gasteiger partial charge in [-0.15, -0.1) is 0 Å². The van der Waals surface area contributed by atoms with Gasteiger partial charge in [0.05, 0.1) is 16.4 Å². The number of nitrogens with one attached hydrogen (secondary N) is 1. The van der Waals surface area contributed by atoms with Crippen molar-refractivity contribution < 1.29 is 23.1 Å². The molecule has 1 atom stereocenters. The summed E-state index contributed by atoms with van der Waals surface area (Å²) in [5, 5.41) is 11.9. The van der Waals surface area contributed by atoms with Crippen molar-refractivity contribution in [2.75, 3.05) is 38.5 Å². The molecule has 1 amide bonds. The number of carbonyl (C=O) groups excluding carboxylic acids is 1. The quantitative estimate of drug-likeness (QED) is 0.572. The molecular weight excluding hydrogens is 468 g/mol. The van der Waals surface area contributed by atoms with Gasteiger partial charge in [-0.2, -0.15) is 4.31 Å². The van der Waals surface area contributed by atoms with Crippen LogP contribution in [-0.2, 0) is 14.8 Å². The molecule has 0 unspecified atom stereocenters. The number of benzene rings is 1. The summed E-state index contributed by atoms with van der Waals surface area (Å²) in [6.07, 6.45) is 6.33. The lowest BCUT2D eigenvalue weighted by Gasteiger charge is -2.31. The zero-order valence-corrected chi connectivity index (χ0v) is 20.7. The molecule has 9 nitrogen and oxygen atoms in total. The number of sulfonamides is 1. The number of nitrogens with zero attached hydrogens (tertiary/aromatic N) is 3. The maximum absolute atomic E-state index is 13.3. The fourth-order valence-electron chi connectivity index (χ4n) is 4.83. The van der Waals surface area contributed by atoms with Gasteiger partial charge < -0.3 is 15.3 Å². The normalized spacial score (nSPS) is 18.9. The highest BCUT2D eigenvalue weighted by Gasteiger charge is 2.30. The Balaban J connectivity index is 1.53. The molecule has 1 aromatic heterocycles. The van der Waals surface area contributed by atoms with Crippen molar-refractivity contribution in [3.05, 3.63) is 53.7 Å². The number of likely N-dealkylation sites (N-methyl/N-ethyl adjacent to an activating group) is 1. The average molecular weight is 501 g/mol. The second kappa shape index (κ2) is 10.8. The molecule has 1 saturated heterocycles. The molecule has 188 valence electrons. The summed E-state index contributed by atoms with van der Waals surface area (Å²) in [6.45, 7) is 2.31. The number of carboxylic acid groups (broad SMARTS) is 1. The molecule has 2 aromatic rings. The van der Waals surface area contributed by atoms with Gasteiger partial charge in [-0.05, 0) is 49.2 Å². The lowest BCUT2D eigenvalue weighted by molar-refractivity contribution is -0.118. The van der Waals surface area contributed by atoms with E-state index in [2.05, 4.69) is 15.2 Å². The first-order chi connectivity index (χ1) is 16.7. The summed E-state index contributed by atoms with van der Waals surface area (Å²) in [5.74, 6) is -1.06. The zero-order valence-electron chi connectivity index (χ0n) is 19.9. The van der Waals surface area contributed by atoms with E-state index in [0.717, 1.165) is 31.2 Å². The van der Waals surface area contributed by atoms with E-state index in [9.17, 15) is 18.0 Å². The van der Waals surface area contributed by atoms with Crippen LogP contribution >= 0.6 is 0 Å². The molecule has 2 heterocycles. The first kappa shape index (κ1) is 25.3. The maximum atomic E-state index is 13.3. The molecule has 1 saturated carbocycles. The molecule has 2 fully saturated rings. The van der Waals surface area contributed by atoms with Crippen molar-refractivity contribution in [3.63, 3.8) is 0 Å². The molecule has 1 aromatic carbocycles. The lowest BCUT2D eigenvalue weighted by Crippen LogP contribution is -2.47. The zero-order chi connectivity index (χ0) is 25.0. The second-order valence-corrected chi connectivity index (χ2v) is 11.4. The molecule has 35 heavy (non-hydrogen) atoms. The lowest BCUT2D eigenvalue weighted by atomic mass is 9.87. The van der Waals surface area contributed by atoms with Crippen LogP contribution in [0.3, 0.4) is 0 Å². The largest absolute Gasteiger partial charge is 0.478 e. The molecule has 1 aliphatic carbocycles. The van der Waals surface area contributed by atoms with Crippen molar-refractivity contribution in [1.29, 1.82) is 0 Å². The number of amides is 1. The van der Waals surface area contributed by atoms with Crippen LogP contribution in [0.1, 0.15) is 53.9 Å².